The molecular formula is C9H20N2. The summed E-state index contributed by atoms with van der Waals surface area (Å²) in [5.74, 6) is 0.552. The third-order valence-corrected chi connectivity index (χ3v) is 1.90. The van der Waals surface area contributed by atoms with Gasteiger partial charge in [-0.2, -0.15) is 5.10 Å². The van der Waals surface area contributed by atoms with Crippen LogP contribution < -0.4 is 0 Å². The second-order valence-corrected chi connectivity index (χ2v) is 3.56. The number of hydrogen-bond acceptors (Lipinski definition) is 2. The molecule has 2 nitrogen and oxygen atoms in total. The molecule has 0 aliphatic carbocycles. The fraction of sp³-hybridized carbons (Fsp3) is 0.889. The van der Waals surface area contributed by atoms with Gasteiger partial charge in [0, 0.05) is 18.8 Å². The van der Waals surface area contributed by atoms with Crippen molar-refractivity contribution in [3.8, 4) is 0 Å². The fourth-order valence-electron chi connectivity index (χ4n) is 0.480. The van der Waals surface area contributed by atoms with Crippen molar-refractivity contribution in [1.82, 2.24) is 5.01 Å². The second-order valence-electron chi connectivity index (χ2n) is 3.56. The highest BCUT2D eigenvalue weighted by Gasteiger charge is 2.02. The predicted octanol–water partition coefficient (Wildman–Crippen LogP) is 2.36. The van der Waals surface area contributed by atoms with Crippen LogP contribution in [0.5, 0.6) is 0 Å². The van der Waals surface area contributed by atoms with E-state index in [9.17, 15) is 0 Å². The zero-order valence-electron chi connectivity index (χ0n) is 8.55. The zero-order chi connectivity index (χ0) is 9.02. The molecule has 0 amide bonds. The Morgan fingerprint density at radius 2 is 1.64 bits per heavy atom. The molecule has 0 aromatic heterocycles. The van der Waals surface area contributed by atoms with Crippen LogP contribution in [0.1, 0.15) is 34.6 Å². The van der Waals surface area contributed by atoms with E-state index in [1.54, 1.807) is 0 Å². The molecule has 0 N–H and O–H groups in total. The molecule has 0 fully saturated rings. The first-order chi connectivity index (χ1) is 4.95. The van der Waals surface area contributed by atoms with Crippen LogP contribution in [0.25, 0.3) is 0 Å². The summed E-state index contributed by atoms with van der Waals surface area (Å²) in [5, 5.41) is 6.42. The van der Waals surface area contributed by atoms with E-state index in [-0.39, 0.29) is 0 Å². The molecule has 0 unspecified atom stereocenters. The molecule has 0 saturated heterocycles. The minimum absolute atomic E-state index is 0.490. The lowest BCUT2D eigenvalue weighted by atomic mass is 10.1. The maximum absolute atomic E-state index is 4.43. The summed E-state index contributed by atoms with van der Waals surface area (Å²) in [6.45, 7) is 10.7. The van der Waals surface area contributed by atoms with Crippen molar-refractivity contribution >= 4 is 5.71 Å². The quantitative estimate of drug-likeness (QED) is 0.452. The lowest BCUT2D eigenvalue weighted by Gasteiger charge is -2.19. The van der Waals surface area contributed by atoms with Crippen LogP contribution >= 0.6 is 0 Å². The smallest absolute Gasteiger partial charge is 0.0411 e. The summed E-state index contributed by atoms with van der Waals surface area (Å²) < 4.78 is 0. The van der Waals surface area contributed by atoms with Crippen LogP contribution in [0.3, 0.4) is 0 Å². The summed E-state index contributed by atoms with van der Waals surface area (Å²) in [7, 11) is 2.01. The Morgan fingerprint density at radius 1 is 1.18 bits per heavy atom. The predicted molar refractivity (Wildman–Crippen MR) is 50.8 cm³/mol. The summed E-state index contributed by atoms with van der Waals surface area (Å²) in [6, 6.07) is 0.490. The van der Waals surface area contributed by atoms with Crippen molar-refractivity contribution in [3.05, 3.63) is 0 Å². The molecule has 0 spiro atoms. The van der Waals surface area contributed by atoms with Gasteiger partial charge in [-0.05, 0) is 26.7 Å². The molecule has 0 saturated carbocycles. The van der Waals surface area contributed by atoms with E-state index in [0.29, 0.717) is 12.0 Å². The van der Waals surface area contributed by atoms with Crippen LogP contribution in [0, 0.1) is 5.92 Å². The van der Waals surface area contributed by atoms with E-state index in [0.717, 1.165) is 0 Å². The van der Waals surface area contributed by atoms with E-state index in [2.05, 4.69) is 39.7 Å². The standard InChI is InChI=1S/C9H20N2/c1-7(2)9(5)10-11(6)8(3)4/h7-8H,1-6H3. The highest BCUT2D eigenvalue weighted by molar-refractivity contribution is 5.83. The third kappa shape index (κ3) is 4.02. The van der Waals surface area contributed by atoms with Gasteiger partial charge in [0.1, 0.15) is 0 Å². The van der Waals surface area contributed by atoms with Crippen LogP contribution in [0.4, 0.5) is 0 Å². The summed E-state index contributed by atoms with van der Waals surface area (Å²) >= 11 is 0. The van der Waals surface area contributed by atoms with Crippen molar-refractivity contribution in [2.45, 2.75) is 40.7 Å². The Hall–Kier alpha value is -0.530. The van der Waals surface area contributed by atoms with E-state index < -0.39 is 0 Å². The molecule has 0 aromatic carbocycles. The maximum atomic E-state index is 4.43. The summed E-state index contributed by atoms with van der Waals surface area (Å²) in [6.07, 6.45) is 0. The first-order valence-corrected chi connectivity index (χ1v) is 4.23. The Kier molecular flexibility index (Phi) is 4.16. The van der Waals surface area contributed by atoms with Crippen molar-refractivity contribution in [1.29, 1.82) is 0 Å². The first-order valence-electron chi connectivity index (χ1n) is 4.23. The van der Waals surface area contributed by atoms with Crippen molar-refractivity contribution in [2.24, 2.45) is 11.0 Å². The lowest BCUT2D eigenvalue weighted by Crippen LogP contribution is -2.22. The molecule has 0 radical (unpaired) electrons. The lowest BCUT2D eigenvalue weighted by molar-refractivity contribution is 0.286. The molecular weight excluding hydrogens is 136 g/mol. The number of nitrogens with zero attached hydrogens (tertiary/aromatic N) is 2. The molecule has 0 aliphatic heterocycles. The van der Waals surface area contributed by atoms with Crippen molar-refractivity contribution in [3.63, 3.8) is 0 Å². The molecule has 0 bridgehead atoms. The SMILES string of the molecule is CC(=NN(C)C(C)C)C(C)C. The van der Waals surface area contributed by atoms with Crippen molar-refractivity contribution < 1.29 is 0 Å². The largest absolute Gasteiger partial charge is 0.298 e. The van der Waals surface area contributed by atoms with E-state index in [4.69, 9.17) is 0 Å². The van der Waals surface area contributed by atoms with Crippen LogP contribution in [-0.4, -0.2) is 23.8 Å². The van der Waals surface area contributed by atoms with E-state index >= 15 is 0 Å². The van der Waals surface area contributed by atoms with Gasteiger partial charge in [0.25, 0.3) is 0 Å². The molecule has 0 heterocycles. The zero-order valence-corrected chi connectivity index (χ0v) is 8.55. The van der Waals surface area contributed by atoms with E-state index in [1.807, 2.05) is 12.1 Å². The topological polar surface area (TPSA) is 15.6 Å². The molecule has 0 rings (SSSR count). The summed E-state index contributed by atoms with van der Waals surface area (Å²) in [5.41, 5.74) is 1.20. The maximum Gasteiger partial charge on any atom is 0.0411 e. The van der Waals surface area contributed by atoms with Gasteiger partial charge in [0.15, 0.2) is 0 Å². The average Bonchev–Trinajstić information content (AvgIpc) is 1.87. The highest BCUT2D eigenvalue weighted by atomic mass is 15.4. The fourth-order valence-corrected chi connectivity index (χ4v) is 0.480. The Balaban J connectivity index is 4.07. The van der Waals surface area contributed by atoms with Gasteiger partial charge in [-0.25, -0.2) is 0 Å². The van der Waals surface area contributed by atoms with Gasteiger partial charge >= 0.3 is 0 Å². The Bertz CT molecular complexity index is 136. The number of rotatable bonds is 3. The van der Waals surface area contributed by atoms with Gasteiger partial charge < -0.3 is 0 Å². The highest BCUT2D eigenvalue weighted by Crippen LogP contribution is 2.00. The average molecular weight is 156 g/mol. The first kappa shape index (κ1) is 10.5. The number of hydrazone groups is 1. The monoisotopic (exact) mass is 156 g/mol. The molecule has 11 heavy (non-hydrogen) atoms. The molecule has 2 heteroatoms. The Morgan fingerprint density at radius 3 is 1.91 bits per heavy atom. The van der Waals surface area contributed by atoms with Crippen LogP contribution in [-0.2, 0) is 0 Å². The normalized spacial score (nSPS) is 12.9. The third-order valence-electron chi connectivity index (χ3n) is 1.90. The van der Waals surface area contributed by atoms with Gasteiger partial charge in [0.2, 0.25) is 0 Å². The van der Waals surface area contributed by atoms with Gasteiger partial charge in [0.05, 0.1) is 0 Å². The summed E-state index contributed by atoms with van der Waals surface area (Å²) in [4.78, 5) is 0. The number of hydrogen-bond donors (Lipinski definition) is 0. The van der Waals surface area contributed by atoms with Gasteiger partial charge in [-0.3, -0.25) is 5.01 Å². The molecule has 0 aliphatic rings. The molecule has 66 valence electrons. The van der Waals surface area contributed by atoms with Crippen LogP contribution in [0.2, 0.25) is 0 Å². The molecule has 0 aromatic rings. The minimum atomic E-state index is 0.490. The molecule has 0 atom stereocenters. The van der Waals surface area contributed by atoms with Crippen LogP contribution in [0.15, 0.2) is 5.10 Å². The van der Waals surface area contributed by atoms with E-state index in [1.165, 1.54) is 5.71 Å². The van der Waals surface area contributed by atoms with Gasteiger partial charge in [-0.15, -0.1) is 0 Å². The van der Waals surface area contributed by atoms with Crippen molar-refractivity contribution in [2.75, 3.05) is 7.05 Å². The second kappa shape index (κ2) is 4.37. The van der Waals surface area contributed by atoms with Gasteiger partial charge in [-0.1, -0.05) is 13.8 Å². The minimum Gasteiger partial charge on any atom is -0.298 e. The Labute approximate surface area is 70.3 Å².